The monoisotopic (exact) mass is 574 g/mol. The van der Waals surface area contributed by atoms with Crippen molar-refractivity contribution >= 4 is 65.6 Å². The maximum absolute atomic E-state index is 6.24. The van der Waals surface area contributed by atoms with Crippen molar-refractivity contribution in [1.82, 2.24) is 9.13 Å². The molecule has 7 aromatic carbocycles. The quantitative estimate of drug-likeness (QED) is 0.206. The van der Waals surface area contributed by atoms with Crippen LogP contribution in [-0.2, 0) is 0 Å². The summed E-state index contributed by atoms with van der Waals surface area (Å²) in [5.41, 5.74) is 11.3. The van der Waals surface area contributed by atoms with E-state index in [1.807, 2.05) is 12.1 Å². The largest absolute Gasteiger partial charge is 0.456 e. The molecule has 3 heterocycles. The van der Waals surface area contributed by atoms with Gasteiger partial charge in [0.1, 0.15) is 11.2 Å². The SMILES string of the molecule is c1ccc(-n2c3ccccc3c3c4c5ccccc5n(-c5cccc(-c6cccc7oc8ccccc8c67)c5)c4ccc32)cc1. The Balaban J connectivity index is 1.28. The van der Waals surface area contributed by atoms with Crippen LogP contribution in [0, 0.1) is 0 Å². The van der Waals surface area contributed by atoms with Crippen molar-refractivity contribution in [1.29, 1.82) is 0 Å². The Morgan fingerprint density at radius 3 is 1.64 bits per heavy atom. The van der Waals surface area contributed by atoms with E-state index in [0.717, 1.165) is 33.2 Å². The Labute approximate surface area is 258 Å². The molecule has 0 atom stereocenters. The van der Waals surface area contributed by atoms with Crippen molar-refractivity contribution in [3.8, 4) is 22.5 Å². The van der Waals surface area contributed by atoms with Gasteiger partial charge in [-0.2, -0.15) is 0 Å². The lowest BCUT2D eigenvalue weighted by Gasteiger charge is -2.11. The molecule has 10 aromatic rings. The van der Waals surface area contributed by atoms with Crippen molar-refractivity contribution in [2.24, 2.45) is 0 Å². The van der Waals surface area contributed by atoms with E-state index in [-0.39, 0.29) is 0 Å². The first-order chi connectivity index (χ1) is 22.3. The van der Waals surface area contributed by atoms with Crippen LogP contribution in [0.25, 0.3) is 88.1 Å². The molecule has 3 nitrogen and oxygen atoms in total. The molecule has 210 valence electrons. The topological polar surface area (TPSA) is 23.0 Å². The summed E-state index contributed by atoms with van der Waals surface area (Å²) in [7, 11) is 0. The van der Waals surface area contributed by atoms with Gasteiger partial charge in [-0.25, -0.2) is 0 Å². The van der Waals surface area contributed by atoms with Crippen LogP contribution in [-0.4, -0.2) is 9.13 Å². The lowest BCUT2D eigenvalue weighted by atomic mass is 9.99. The van der Waals surface area contributed by atoms with Gasteiger partial charge in [-0.3, -0.25) is 0 Å². The smallest absolute Gasteiger partial charge is 0.136 e. The highest BCUT2D eigenvalue weighted by atomic mass is 16.3. The molecule has 0 amide bonds. The van der Waals surface area contributed by atoms with Crippen molar-refractivity contribution in [2.75, 3.05) is 0 Å². The van der Waals surface area contributed by atoms with Crippen LogP contribution in [0.1, 0.15) is 0 Å². The second-order valence-electron chi connectivity index (χ2n) is 11.7. The van der Waals surface area contributed by atoms with Gasteiger partial charge in [0.15, 0.2) is 0 Å². The molecule has 0 aliphatic carbocycles. The average Bonchev–Trinajstić information content (AvgIpc) is 3.76. The summed E-state index contributed by atoms with van der Waals surface area (Å²) in [5, 5.41) is 7.37. The van der Waals surface area contributed by atoms with Gasteiger partial charge in [0.05, 0.1) is 22.1 Å². The summed E-state index contributed by atoms with van der Waals surface area (Å²) < 4.78 is 11.1. The summed E-state index contributed by atoms with van der Waals surface area (Å²) in [5.74, 6) is 0. The number of para-hydroxylation sites is 4. The Bertz CT molecular complexity index is 2760. The van der Waals surface area contributed by atoms with Gasteiger partial charge in [-0.1, -0.05) is 97.1 Å². The van der Waals surface area contributed by atoms with Gasteiger partial charge in [0.25, 0.3) is 0 Å². The van der Waals surface area contributed by atoms with Crippen molar-refractivity contribution < 1.29 is 4.42 Å². The number of nitrogens with zero attached hydrogens (tertiary/aromatic N) is 2. The minimum absolute atomic E-state index is 0.910. The van der Waals surface area contributed by atoms with E-state index in [0.29, 0.717) is 0 Å². The highest BCUT2D eigenvalue weighted by molar-refractivity contribution is 6.29. The van der Waals surface area contributed by atoms with Crippen LogP contribution in [0.3, 0.4) is 0 Å². The third-order valence-corrected chi connectivity index (χ3v) is 9.30. The fourth-order valence-electron chi connectivity index (χ4n) is 7.48. The molecule has 45 heavy (non-hydrogen) atoms. The molecule has 0 aliphatic rings. The fraction of sp³-hybridized carbons (Fsp3) is 0. The molecule has 0 aliphatic heterocycles. The second kappa shape index (κ2) is 9.22. The van der Waals surface area contributed by atoms with Gasteiger partial charge < -0.3 is 13.6 Å². The van der Waals surface area contributed by atoms with Gasteiger partial charge in [-0.15, -0.1) is 0 Å². The minimum Gasteiger partial charge on any atom is -0.456 e. The molecular weight excluding hydrogens is 548 g/mol. The van der Waals surface area contributed by atoms with Crippen LogP contribution in [0.4, 0.5) is 0 Å². The van der Waals surface area contributed by atoms with Crippen molar-refractivity contribution in [3.63, 3.8) is 0 Å². The molecule has 3 aromatic heterocycles. The number of rotatable bonds is 3. The van der Waals surface area contributed by atoms with Crippen LogP contribution in [0.15, 0.2) is 162 Å². The zero-order valence-corrected chi connectivity index (χ0v) is 24.3. The number of hydrogen-bond donors (Lipinski definition) is 0. The molecular formula is C42H26N2O. The lowest BCUT2D eigenvalue weighted by molar-refractivity contribution is 0.669. The van der Waals surface area contributed by atoms with Gasteiger partial charge in [0, 0.05) is 43.7 Å². The standard InChI is InChI=1S/C42H26N2O/c1-2-13-28(14-3-1)43-34-20-7-4-16-31(34)41-36(43)24-25-37-42(41)32-17-5-8-21-35(32)44(37)29-15-10-12-27(26-29)30-19-11-23-39-40(30)33-18-6-9-22-38(33)45-39/h1-26H. The fourth-order valence-corrected chi connectivity index (χ4v) is 7.48. The summed E-state index contributed by atoms with van der Waals surface area (Å²) in [6, 6.07) is 56.5. The third kappa shape index (κ3) is 3.41. The molecule has 0 unspecified atom stereocenters. The number of furan rings is 1. The molecule has 0 saturated carbocycles. The predicted octanol–water partition coefficient (Wildman–Crippen LogP) is 11.4. The average molecular weight is 575 g/mol. The van der Waals surface area contributed by atoms with E-state index < -0.39 is 0 Å². The van der Waals surface area contributed by atoms with Crippen LogP contribution < -0.4 is 0 Å². The summed E-state index contributed by atoms with van der Waals surface area (Å²) in [6.07, 6.45) is 0. The number of fused-ring (bicyclic) bond motifs is 10. The maximum Gasteiger partial charge on any atom is 0.136 e. The molecule has 0 saturated heterocycles. The third-order valence-electron chi connectivity index (χ3n) is 9.30. The summed E-state index contributed by atoms with van der Waals surface area (Å²) in [4.78, 5) is 0. The Morgan fingerprint density at radius 1 is 0.356 bits per heavy atom. The van der Waals surface area contributed by atoms with E-state index in [1.54, 1.807) is 0 Å². The highest BCUT2D eigenvalue weighted by Crippen LogP contribution is 2.43. The first kappa shape index (κ1) is 24.4. The zero-order valence-electron chi connectivity index (χ0n) is 24.3. The maximum atomic E-state index is 6.24. The second-order valence-corrected chi connectivity index (χ2v) is 11.7. The predicted molar refractivity (Wildman–Crippen MR) is 188 cm³/mol. The molecule has 0 radical (unpaired) electrons. The molecule has 0 bridgehead atoms. The van der Waals surface area contributed by atoms with E-state index in [9.17, 15) is 0 Å². The highest BCUT2D eigenvalue weighted by Gasteiger charge is 2.20. The zero-order chi connectivity index (χ0) is 29.5. The van der Waals surface area contributed by atoms with Crippen molar-refractivity contribution in [3.05, 3.63) is 158 Å². The first-order valence-electron chi connectivity index (χ1n) is 15.4. The number of aromatic nitrogens is 2. The number of hydrogen-bond acceptors (Lipinski definition) is 1. The van der Waals surface area contributed by atoms with Crippen LogP contribution in [0.5, 0.6) is 0 Å². The van der Waals surface area contributed by atoms with Crippen molar-refractivity contribution in [2.45, 2.75) is 0 Å². The summed E-state index contributed by atoms with van der Waals surface area (Å²) >= 11 is 0. The van der Waals surface area contributed by atoms with E-state index in [1.165, 1.54) is 54.9 Å². The molecule has 10 rings (SSSR count). The van der Waals surface area contributed by atoms with Crippen LogP contribution in [0.2, 0.25) is 0 Å². The number of benzene rings is 7. The molecule has 3 heteroatoms. The van der Waals surface area contributed by atoms with E-state index in [4.69, 9.17) is 4.42 Å². The van der Waals surface area contributed by atoms with Gasteiger partial charge in [0.2, 0.25) is 0 Å². The first-order valence-corrected chi connectivity index (χ1v) is 15.4. The van der Waals surface area contributed by atoms with E-state index in [2.05, 4.69) is 155 Å². The minimum atomic E-state index is 0.910. The van der Waals surface area contributed by atoms with Gasteiger partial charge >= 0.3 is 0 Å². The van der Waals surface area contributed by atoms with Gasteiger partial charge in [-0.05, 0) is 71.8 Å². The van der Waals surface area contributed by atoms with Crippen LogP contribution >= 0.6 is 0 Å². The lowest BCUT2D eigenvalue weighted by Crippen LogP contribution is -1.95. The Morgan fingerprint density at radius 2 is 0.911 bits per heavy atom. The molecule has 0 spiro atoms. The van der Waals surface area contributed by atoms with E-state index >= 15 is 0 Å². The molecule has 0 N–H and O–H groups in total. The molecule has 0 fully saturated rings. The summed E-state index contributed by atoms with van der Waals surface area (Å²) in [6.45, 7) is 0. The Kier molecular flexibility index (Phi) is 5.00. The Hall–Kier alpha value is -6.06. The normalized spacial score (nSPS) is 12.0.